The normalized spacial score (nSPS) is 28.8. The van der Waals surface area contributed by atoms with E-state index in [4.69, 9.17) is 18.9 Å². The topological polar surface area (TPSA) is 172 Å². The Hall–Kier alpha value is -3.48. The van der Waals surface area contributed by atoms with Crippen LogP contribution in [0.2, 0.25) is 0 Å². The molecular formula is C15H14N4O9. The van der Waals surface area contributed by atoms with Crippen molar-refractivity contribution in [1.29, 1.82) is 0 Å². The molecule has 4 heterocycles. The predicted octanol–water partition coefficient (Wildman–Crippen LogP) is -1.90. The van der Waals surface area contributed by atoms with Crippen LogP contribution in [0.3, 0.4) is 0 Å². The van der Waals surface area contributed by atoms with Gasteiger partial charge in [0.25, 0.3) is 5.56 Å². The van der Waals surface area contributed by atoms with Gasteiger partial charge in [0, 0.05) is 13.8 Å². The molecule has 2 aromatic heterocycles. The molecule has 2 N–H and O–H groups in total. The van der Waals surface area contributed by atoms with Crippen LogP contribution in [0.4, 0.5) is 0 Å². The maximum Gasteiger partial charge on any atom is 0.350 e. The zero-order chi connectivity index (χ0) is 20.2. The van der Waals surface area contributed by atoms with Crippen molar-refractivity contribution in [3.8, 4) is 0 Å². The van der Waals surface area contributed by atoms with E-state index in [-0.39, 0.29) is 11.2 Å². The number of hydrogen-bond donors (Lipinski definition) is 2. The summed E-state index contributed by atoms with van der Waals surface area (Å²) in [6.07, 6.45) is -4.54. The fraction of sp³-hybridized carbons (Fsp3) is 0.467. The lowest BCUT2D eigenvalue weighted by Gasteiger charge is -2.22. The number of nitrogens with one attached hydrogen (secondary N) is 2. The molecule has 4 rings (SSSR count). The predicted molar refractivity (Wildman–Crippen MR) is 85.9 cm³/mol. The van der Waals surface area contributed by atoms with E-state index in [1.165, 1.54) is 10.9 Å². The summed E-state index contributed by atoms with van der Waals surface area (Å²) in [6.45, 7) is 2.27. The Morgan fingerprint density at radius 1 is 1.11 bits per heavy atom. The minimum absolute atomic E-state index is 0.00971. The number of fused-ring (bicyclic) bond motifs is 2. The minimum atomic E-state index is -1.35. The first-order chi connectivity index (χ1) is 13.3. The van der Waals surface area contributed by atoms with Crippen LogP contribution in [0.15, 0.2) is 15.9 Å². The van der Waals surface area contributed by atoms with Gasteiger partial charge in [0.05, 0.1) is 0 Å². The van der Waals surface area contributed by atoms with Crippen LogP contribution in [0.5, 0.6) is 0 Å². The molecule has 2 aliphatic rings. The lowest BCUT2D eigenvalue weighted by atomic mass is 10.1. The molecule has 148 valence electrons. The van der Waals surface area contributed by atoms with Crippen LogP contribution in [-0.2, 0) is 33.3 Å². The van der Waals surface area contributed by atoms with Gasteiger partial charge in [0.1, 0.15) is 12.4 Å². The summed E-state index contributed by atoms with van der Waals surface area (Å²) in [5.74, 6) is -2.24. The van der Waals surface area contributed by atoms with Gasteiger partial charge in [0.2, 0.25) is 6.10 Å². The largest absolute Gasteiger partial charge is 0.454 e. The van der Waals surface area contributed by atoms with Gasteiger partial charge in [-0.1, -0.05) is 0 Å². The third-order valence-electron chi connectivity index (χ3n) is 4.35. The van der Waals surface area contributed by atoms with Crippen molar-refractivity contribution in [2.75, 3.05) is 0 Å². The molecule has 2 saturated heterocycles. The Bertz CT molecular complexity index is 1100. The molecular weight excluding hydrogens is 380 g/mol. The van der Waals surface area contributed by atoms with Gasteiger partial charge in [0.15, 0.2) is 29.6 Å². The summed E-state index contributed by atoms with van der Waals surface area (Å²) in [7, 11) is 0. The molecule has 0 amide bonds. The van der Waals surface area contributed by atoms with Crippen LogP contribution in [0, 0.1) is 0 Å². The summed E-state index contributed by atoms with van der Waals surface area (Å²) in [6, 6.07) is 0. The van der Waals surface area contributed by atoms with Crippen molar-refractivity contribution in [3.05, 3.63) is 27.2 Å². The van der Waals surface area contributed by atoms with E-state index in [9.17, 15) is 24.0 Å². The van der Waals surface area contributed by atoms with E-state index in [2.05, 4.69) is 15.0 Å². The number of carbonyl (C=O) groups excluding carboxylic acids is 3. The van der Waals surface area contributed by atoms with E-state index in [0.29, 0.717) is 0 Å². The molecule has 2 fully saturated rings. The lowest BCUT2D eigenvalue weighted by Crippen LogP contribution is -2.36. The van der Waals surface area contributed by atoms with E-state index in [0.717, 1.165) is 13.8 Å². The molecule has 13 heteroatoms. The van der Waals surface area contributed by atoms with E-state index in [1.807, 2.05) is 0 Å². The zero-order valence-electron chi connectivity index (χ0n) is 14.5. The Labute approximate surface area is 154 Å². The minimum Gasteiger partial charge on any atom is -0.454 e. The first kappa shape index (κ1) is 17.9. The van der Waals surface area contributed by atoms with Crippen molar-refractivity contribution in [2.45, 2.75) is 44.5 Å². The average Bonchev–Trinajstić information content (AvgIpc) is 3.22. The second-order valence-corrected chi connectivity index (χ2v) is 6.25. The molecule has 0 radical (unpaired) electrons. The summed E-state index contributed by atoms with van der Waals surface area (Å²) in [4.78, 5) is 66.9. The first-order valence-electron chi connectivity index (χ1n) is 8.16. The highest BCUT2D eigenvalue weighted by Crippen LogP contribution is 2.40. The van der Waals surface area contributed by atoms with Gasteiger partial charge in [-0.25, -0.2) is 14.6 Å². The molecule has 0 bridgehead atoms. The molecule has 28 heavy (non-hydrogen) atoms. The quantitative estimate of drug-likeness (QED) is 0.442. The Kier molecular flexibility index (Phi) is 4.03. The number of hydrogen-bond acceptors (Lipinski definition) is 10. The SMILES string of the molecule is CC(=O)O[C@@H]1[C@@H]2OC(=O)[C@@H](OC(C)=O)[C@H]2O[C@H]1n1cnc2[nH]c(=O)[nH]c(=O)c21. The smallest absolute Gasteiger partial charge is 0.350 e. The fourth-order valence-corrected chi connectivity index (χ4v) is 3.38. The van der Waals surface area contributed by atoms with Crippen LogP contribution < -0.4 is 11.2 Å². The fourth-order valence-electron chi connectivity index (χ4n) is 3.38. The standard InChI is InChI=1S/C15H14N4O9/c1-4(20)25-9-7-8(10(14(23)28-7)26-5(2)21)27-13(9)19-3-16-11-6(19)12(22)18-15(24)17-11/h3,7-10,13H,1-2H3,(H2,17,18,22,24)/t7-,8+,9-,10+,13-/m1/s1. The lowest BCUT2D eigenvalue weighted by molar-refractivity contribution is -0.174. The van der Waals surface area contributed by atoms with Crippen molar-refractivity contribution in [3.63, 3.8) is 0 Å². The maximum atomic E-state index is 12.2. The van der Waals surface area contributed by atoms with Crippen molar-refractivity contribution >= 4 is 29.1 Å². The molecule has 5 atom stereocenters. The Balaban J connectivity index is 1.78. The van der Waals surface area contributed by atoms with E-state index < -0.39 is 59.8 Å². The highest BCUT2D eigenvalue weighted by Gasteiger charge is 2.61. The van der Waals surface area contributed by atoms with Gasteiger partial charge in [-0.15, -0.1) is 0 Å². The third-order valence-corrected chi connectivity index (χ3v) is 4.35. The van der Waals surface area contributed by atoms with Crippen LogP contribution in [-0.4, -0.2) is 61.8 Å². The number of esters is 3. The Morgan fingerprint density at radius 2 is 1.82 bits per heavy atom. The Morgan fingerprint density at radius 3 is 2.50 bits per heavy atom. The number of nitrogens with zero attached hydrogens (tertiary/aromatic N) is 2. The number of rotatable bonds is 3. The molecule has 0 aromatic carbocycles. The molecule has 2 aliphatic heterocycles. The number of H-pyrrole nitrogens is 2. The maximum absolute atomic E-state index is 12.2. The molecule has 0 spiro atoms. The van der Waals surface area contributed by atoms with E-state index in [1.54, 1.807) is 0 Å². The second-order valence-electron chi connectivity index (χ2n) is 6.25. The van der Waals surface area contributed by atoms with Crippen molar-refractivity contribution in [2.24, 2.45) is 0 Å². The average molecular weight is 394 g/mol. The number of carbonyl (C=O) groups is 3. The van der Waals surface area contributed by atoms with Gasteiger partial charge in [-0.3, -0.25) is 28.9 Å². The monoisotopic (exact) mass is 394 g/mol. The van der Waals surface area contributed by atoms with Crippen LogP contribution in [0.25, 0.3) is 11.2 Å². The molecule has 0 aliphatic carbocycles. The summed E-state index contributed by atoms with van der Waals surface area (Å²) in [5.41, 5.74) is -1.54. The molecule has 0 unspecified atom stereocenters. The molecule has 13 nitrogen and oxygen atoms in total. The zero-order valence-corrected chi connectivity index (χ0v) is 14.5. The summed E-state index contributed by atoms with van der Waals surface area (Å²) in [5, 5.41) is 0. The summed E-state index contributed by atoms with van der Waals surface area (Å²) >= 11 is 0. The van der Waals surface area contributed by atoms with Gasteiger partial charge < -0.3 is 18.9 Å². The first-order valence-corrected chi connectivity index (χ1v) is 8.16. The highest BCUT2D eigenvalue weighted by atomic mass is 16.7. The van der Waals surface area contributed by atoms with Crippen LogP contribution >= 0.6 is 0 Å². The highest BCUT2D eigenvalue weighted by molar-refractivity contribution is 5.82. The van der Waals surface area contributed by atoms with Gasteiger partial charge >= 0.3 is 23.6 Å². The van der Waals surface area contributed by atoms with E-state index >= 15 is 0 Å². The van der Waals surface area contributed by atoms with Crippen LogP contribution in [0.1, 0.15) is 20.1 Å². The van der Waals surface area contributed by atoms with Gasteiger partial charge in [-0.05, 0) is 0 Å². The molecule has 0 saturated carbocycles. The number of ether oxygens (including phenoxy) is 4. The third kappa shape index (κ3) is 2.76. The van der Waals surface area contributed by atoms with Crippen molar-refractivity contribution < 1.29 is 33.3 Å². The number of aromatic nitrogens is 4. The second kappa shape index (κ2) is 6.30. The van der Waals surface area contributed by atoms with Crippen molar-refractivity contribution in [1.82, 2.24) is 19.5 Å². The van der Waals surface area contributed by atoms with Gasteiger partial charge in [-0.2, -0.15) is 0 Å². The molecule has 2 aromatic rings. The summed E-state index contributed by atoms with van der Waals surface area (Å²) < 4.78 is 22.5. The number of aromatic amines is 2. The number of imidazole rings is 1.